The van der Waals surface area contributed by atoms with Gasteiger partial charge in [-0.15, -0.1) is 0 Å². The topological polar surface area (TPSA) is 58.2 Å². The highest BCUT2D eigenvalue weighted by Gasteiger charge is 2.07. The number of carbonyl (C=O) groups is 2. The Balaban J connectivity index is 1.95. The summed E-state index contributed by atoms with van der Waals surface area (Å²) in [5.74, 6) is 0.0289. The van der Waals surface area contributed by atoms with Crippen molar-refractivity contribution in [1.29, 1.82) is 0 Å². The van der Waals surface area contributed by atoms with Crippen molar-refractivity contribution >= 4 is 17.5 Å². The molecule has 224 valence electrons. The van der Waals surface area contributed by atoms with E-state index >= 15 is 0 Å². The maximum absolute atomic E-state index is 12.4. The summed E-state index contributed by atoms with van der Waals surface area (Å²) in [5.41, 5.74) is 1.41. The van der Waals surface area contributed by atoms with Gasteiger partial charge in [0, 0.05) is 24.2 Å². The lowest BCUT2D eigenvalue weighted by atomic mass is 10.0. The monoisotopic (exact) mass is 542 g/mol. The van der Waals surface area contributed by atoms with Gasteiger partial charge in [0.15, 0.2) is 0 Å². The number of carbonyl (C=O) groups excluding carboxylic acids is 2. The molecule has 1 aromatic carbocycles. The average molecular weight is 543 g/mol. The summed E-state index contributed by atoms with van der Waals surface area (Å²) in [4.78, 5) is 24.6. The van der Waals surface area contributed by atoms with Crippen molar-refractivity contribution in [2.24, 2.45) is 0 Å². The number of rotatable bonds is 27. The van der Waals surface area contributed by atoms with E-state index in [4.69, 9.17) is 0 Å². The van der Waals surface area contributed by atoms with Crippen LogP contribution in [-0.2, 0) is 4.79 Å². The van der Waals surface area contributed by atoms with Gasteiger partial charge in [-0.25, -0.2) is 0 Å². The molecule has 0 atom stereocenters. The van der Waals surface area contributed by atoms with Crippen molar-refractivity contribution in [3.63, 3.8) is 0 Å². The number of benzene rings is 1. The molecule has 0 bridgehead atoms. The smallest absolute Gasteiger partial charge is 0.251 e. The van der Waals surface area contributed by atoms with Gasteiger partial charge in [0.2, 0.25) is 5.91 Å². The Bertz CT molecular complexity index is 701. The second-order valence-corrected chi connectivity index (χ2v) is 11.6. The van der Waals surface area contributed by atoms with E-state index in [2.05, 4.69) is 24.5 Å². The first-order valence-corrected chi connectivity index (χ1v) is 16.9. The molecule has 0 aliphatic rings. The third-order valence-corrected chi connectivity index (χ3v) is 7.75. The highest BCUT2D eigenvalue weighted by molar-refractivity contribution is 5.95. The third kappa shape index (κ3) is 21.6. The summed E-state index contributed by atoms with van der Waals surface area (Å²) in [6, 6.07) is 7.25. The lowest BCUT2D eigenvalue weighted by Gasteiger charge is -2.08. The second kappa shape index (κ2) is 26.4. The zero-order chi connectivity index (χ0) is 28.2. The van der Waals surface area contributed by atoms with Crippen LogP contribution in [0.1, 0.15) is 178 Å². The summed E-state index contributed by atoms with van der Waals surface area (Å²) in [5, 5.41) is 5.99. The van der Waals surface area contributed by atoms with Crippen LogP contribution in [0.15, 0.2) is 24.3 Å². The van der Waals surface area contributed by atoms with Crippen molar-refractivity contribution < 1.29 is 9.59 Å². The fourth-order valence-electron chi connectivity index (χ4n) is 5.15. The van der Waals surface area contributed by atoms with Crippen LogP contribution in [0.3, 0.4) is 0 Å². The molecular weight excluding hydrogens is 480 g/mol. The van der Waals surface area contributed by atoms with Gasteiger partial charge in [-0.3, -0.25) is 9.59 Å². The van der Waals surface area contributed by atoms with Crippen molar-refractivity contribution in [3.8, 4) is 0 Å². The Labute approximate surface area is 241 Å². The van der Waals surface area contributed by atoms with Gasteiger partial charge in [0.1, 0.15) is 0 Å². The first kappa shape index (κ1) is 35.2. The molecule has 2 N–H and O–H groups in total. The molecule has 0 saturated heterocycles. The number of unbranched alkanes of at least 4 members (excludes halogenated alkanes) is 21. The Hall–Kier alpha value is -1.84. The highest BCUT2D eigenvalue weighted by atomic mass is 16.2. The molecule has 2 amide bonds. The molecular formula is C35H62N2O2. The third-order valence-electron chi connectivity index (χ3n) is 7.75. The maximum Gasteiger partial charge on any atom is 0.251 e. The van der Waals surface area contributed by atoms with Crippen LogP contribution in [0.5, 0.6) is 0 Å². The maximum atomic E-state index is 12.4. The fraction of sp³-hybridized carbons (Fsp3) is 0.771. The van der Waals surface area contributed by atoms with Crippen molar-refractivity contribution in [2.75, 3.05) is 11.9 Å². The standard InChI is InChI=1S/C35H62N2O2/c1-3-5-7-9-11-12-13-14-15-16-17-18-19-21-23-25-31-36-35(39)32-27-29-33(30-28-32)37-34(38)26-24-22-20-10-8-6-4-2/h27-30H,3-26,31H2,1-2H3,(H,36,39)(H,37,38). The first-order valence-electron chi connectivity index (χ1n) is 16.9. The van der Waals surface area contributed by atoms with E-state index in [9.17, 15) is 9.59 Å². The molecule has 4 heteroatoms. The average Bonchev–Trinajstić information content (AvgIpc) is 2.94. The molecule has 0 aliphatic carbocycles. The summed E-state index contributed by atoms with van der Waals surface area (Å²) in [7, 11) is 0. The van der Waals surface area contributed by atoms with Crippen LogP contribution in [0.2, 0.25) is 0 Å². The molecule has 0 spiro atoms. The minimum absolute atomic E-state index is 0.0306. The Morgan fingerprint density at radius 2 is 0.897 bits per heavy atom. The van der Waals surface area contributed by atoms with Crippen LogP contribution in [0.25, 0.3) is 0 Å². The molecule has 0 fully saturated rings. The van der Waals surface area contributed by atoms with Gasteiger partial charge in [0.05, 0.1) is 0 Å². The number of nitrogens with one attached hydrogen (secondary N) is 2. The predicted molar refractivity (Wildman–Crippen MR) is 170 cm³/mol. The number of hydrogen-bond acceptors (Lipinski definition) is 2. The van der Waals surface area contributed by atoms with E-state index < -0.39 is 0 Å². The van der Waals surface area contributed by atoms with Gasteiger partial charge >= 0.3 is 0 Å². The Morgan fingerprint density at radius 3 is 1.33 bits per heavy atom. The zero-order valence-corrected chi connectivity index (χ0v) is 25.8. The van der Waals surface area contributed by atoms with Crippen LogP contribution >= 0.6 is 0 Å². The molecule has 4 nitrogen and oxygen atoms in total. The molecule has 1 aromatic rings. The summed E-state index contributed by atoms with van der Waals surface area (Å²) in [6.45, 7) is 5.24. The molecule has 0 saturated carbocycles. The SMILES string of the molecule is CCCCCCCCCCCCCCCCCCNC(=O)c1ccc(NC(=O)CCCCCCCCC)cc1. The van der Waals surface area contributed by atoms with E-state index in [0.717, 1.165) is 31.5 Å². The Morgan fingerprint density at radius 1 is 0.513 bits per heavy atom. The number of amides is 2. The number of hydrogen-bond donors (Lipinski definition) is 2. The van der Waals surface area contributed by atoms with Crippen LogP contribution in [0.4, 0.5) is 5.69 Å². The molecule has 39 heavy (non-hydrogen) atoms. The predicted octanol–water partition coefficient (Wildman–Crippen LogP) is 10.8. The molecule has 0 unspecified atom stereocenters. The van der Waals surface area contributed by atoms with Crippen molar-refractivity contribution in [1.82, 2.24) is 5.32 Å². The van der Waals surface area contributed by atoms with Gasteiger partial charge in [0.25, 0.3) is 5.91 Å². The lowest BCUT2D eigenvalue weighted by molar-refractivity contribution is -0.116. The van der Waals surface area contributed by atoms with Crippen LogP contribution < -0.4 is 10.6 Å². The number of anilines is 1. The lowest BCUT2D eigenvalue weighted by Crippen LogP contribution is -2.24. The van der Waals surface area contributed by atoms with Gasteiger partial charge in [-0.2, -0.15) is 0 Å². The summed E-state index contributed by atoms with van der Waals surface area (Å²) in [6.07, 6.45) is 30.7. The van der Waals surface area contributed by atoms with Crippen molar-refractivity contribution in [2.45, 2.75) is 168 Å². The van der Waals surface area contributed by atoms with E-state index in [0.29, 0.717) is 12.0 Å². The first-order chi connectivity index (χ1) is 19.2. The molecule has 0 aliphatic heterocycles. The molecule has 0 aromatic heterocycles. The molecule has 1 rings (SSSR count). The highest BCUT2D eigenvalue weighted by Crippen LogP contribution is 2.15. The summed E-state index contributed by atoms with van der Waals surface area (Å²) < 4.78 is 0. The molecule has 0 heterocycles. The van der Waals surface area contributed by atoms with Gasteiger partial charge in [-0.05, 0) is 37.1 Å². The molecule has 0 radical (unpaired) electrons. The van der Waals surface area contributed by atoms with Crippen LogP contribution in [0, 0.1) is 0 Å². The van der Waals surface area contributed by atoms with E-state index in [1.807, 2.05) is 12.1 Å². The van der Waals surface area contributed by atoms with Crippen LogP contribution in [-0.4, -0.2) is 18.4 Å². The van der Waals surface area contributed by atoms with Gasteiger partial charge in [-0.1, -0.05) is 149 Å². The normalized spacial score (nSPS) is 11.0. The second-order valence-electron chi connectivity index (χ2n) is 11.6. The van der Waals surface area contributed by atoms with E-state index in [1.165, 1.54) is 128 Å². The van der Waals surface area contributed by atoms with E-state index in [1.54, 1.807) is 12.1 Å². The largest absolute Gasteiger partial charge is 0.352 e. The minimum atomic E-state index is -0.0306. The zero-order valence-electron chi connectivity index (χ0n) is 25.8. The van der Waals surface area contributed by atoms with Gasteiger partial charge < -0.3 is 10.6 Å². The quantitative estimate of drug-likeness (QED) is 0.109. The van der Waals surface area contributed by atoms with E-state index in [-0.39, 0.29) is 11.8 Å². The fourth-order valence-corrected chi connectivity index (χ4v) is 5.15. The minimum Gasteiger partial charge on any atom is -0.352 e. The Kier molecular flexibility index (Phi) is 23.8. The summed E-state index contributed by atoms with van der Waals surface area (Å²) >= 11 is 0. The van der Waals surface area contributed by atoms with Crippen molar-refractivity contribution in [3.05, 3.63) is 29.8 Å².